The molecule has 1 aliphatic rings. The topological polar surface area (TPSA) is 74.7 Å². The summed E-state index contributed by atoms with van der Waals surface area (Å²) in [7, 11) is -1.11. The number of sulfone groups is 1. The van der Waals surface area contributed by atoms with Crippen LogP contribution in [0.5, 0.6) is 0 Å². The summed E-state index contributed by atoms with van der Waals surface area (Å²) in [6.45, 7) is 0. The monoisotopic (exact) mass is 347 g/mol. The number of halogens is 1. The van der Waals surface area contributed by atoms with Crippen LogP contribution in [0.3, 0.4) is 0 Å². The third-order valence-corrected chi connectivity index (χ3v) is 5.72. The molecule has 0 amide bonds. The first-order valence-corrected chi connectivity index (χ1v) is 8.38. The Morgan fingerprint density at radius 1 is 1.47 bits per heavy atom. The molecule has 104 valence electrons. The Morgan fingerprint density at radius 3 is 2.63 bits per heavy atom. The number of hydrogen-bond acceptors (Lipinski definition) is 4. The van der Waals surface area contributed by atoms with E-state index in [1.54, 1.807) is 6.07 Å². The number of rotatable bonds is 3. The average molecular weight is 348 g/mol. The van der Waals surface area contributed by atoms with Crippen molar-refractivity contribution in [2.75, 3.05) is 23.5 Å². The highest BCUT2D eigenvalue weighted by molar-refractivity contribution is 9.10. The predicted octanol–water partition coefficient (Wildman–Crippen LogP) is 1.77. The molecule has 1 aliphatic heterocycles. The summed E-state index contributed by atoms with van der Waals surface area (Å²) >= 11 is 3.34. The molecule has 1 atom stereocenters. The first-order valence-electron chi connectivity index (χ1n) is 5.76. The molecule has 1 fully saturated rings. The van der Waals surface area contributed by atoms with E-state index in [1.807, 2.05) is 11.9 Å². The van der Waals surface area contributed by atoms with E-state index in [-0.39, 0.29) is 23.1 Å². The smallest absolute Gasteiger partial charge is 0.335 e. The molecule has 0 saturated carbocycles. The first-order chi connectivity index (χ1) is 8.80. The van der Waals surface area contributed by atoms with Gasteiger partial charge < -0.3 is 10.0 Å². The molecular weight excluding hydrogens is 334 g/mol. The zero-order valence-electron chi connectivity index (χ0n) is 10.3. The number of anilines is 1. The van der Waals surface area contributed by atoms with Crippen molar-refractivity contribution in [3.05, 3.63) is 28.2 Å². The molecule has 1 aromatic rings. The van der Waals surface area contributed by atoms with Crippen LogP contribution in [0, 0.1) is 0 Å². The summed E-state index contributed by atoms with van der Waals surface area (Å²) in [4.78, 5) is 12.8. The Labute approximate surface area is 120 Å². The van der Waals surface area contributed by atoms with Crippen molar-refractivity contribution >= 4 is 37.4 Å². The van der Waals surface area contributed by atoms with Crippen molar-refractivity contribution in [1.82, 2.24) is 0 Å². The van der Waals surface area contributed by atoms with E-state index >= 15 is 0 Å². The molecule has 1 heterocycles. The summed E-state index contributed by atoms with van der Waals surface area (Å²) in [6, 6.07) is 4.68. The van der Waals surface area contributed by atoms with E-state index in [0.29, 0.717) is 10.9 Å². The molecule has 0 aromatic heterocycles. The number of hydrogen-bond donors (Lipinski definition) is 1. The quantitative estimate of drug-likeness (QED) is 0.901. The zero-order chi connectivity index (χ0) is 14.2. The molecule has 1 saturated heterocycles. The number of benzene rings is 1. The average Bonchev–Trinajstić information content (AvgIpc) is 2.68. The van der Waals surface area contributed by atoms with Crippen molar-refractivity contribution in [3.63, 3.8) is 0 Å². The van der Waals surface area contributed by atoms with Gasteiger partial charge in [-0.25, -0.2) is 13.2 Å². The Morgan fingerprint density at radius 2 is 2.16 bits per heavy atom. The van der Waals surface area contributed by atoms with Gasteiger partial charge in [-0.1, -0.05) is 0 Å². The lowest BCUT2D eigenvalue weighted by Gasteiger charge is -2.26. The molecule has 2 rings (SSSR count). The molecule has 5 nitrogen and oxygen atoms in total. The van der Waals surface area contributed by atoms with Crippen molar-refractivity contribution in [1.29, 1.82) is 0 Å². The van der Waals surface area contributed by atoms with Gasteiger partial charge in [0.1, 0.15) is 0 Å². The Hall–Kier alpha value is -1.08. The maximum atomic E-state index is 11.5. The van der Waals surface area contributed by atoms with Crippen LogP contribution in [-0.4, -0.2) is 44.1 Å². The van der Waals surface area contributed by atoms with Gasteiger partial charge in [0, 0.05) is 17.6 Å². The minimum atomic E-state index is -2.93. The van der Waals surface area contributed by atoms with Gasteiger partial charge >= 0.3 is 5.97 Å². The molecule has 0 aliphatic carbocycles. The predicted molar refractivity (Wildman–Crippen MR) is 76.6 cm³/mol. The van der Waals surface area contributed by atoms with E-state index in [0.717, 1.165) is 5.69 Å². The Balaban J connectivity index is 2.25. The van der Waals surface area contributed by atoms with Crippen molar-refractivity contribution < 1.29 is 18.3 Å². The van der Waals surface area contributed by atoms with Crippen LogP contribution in [0.2, 0.25) is 0 Å². The van der Waals surface area contributed by atoms with Crippen LogP contribution in [-0.2, 0) is 9.84 Å². The summed E-state index contributed by atoms with van der Waals surface area (Å²) in [6.07, 6.45) is 0.603. The largest absolute Gasteiger partial charge is 0.478 e. The lowest BCUT2D eigenvalue weighted by atomic mass is 10.1. The van der Waals surface area contributed by atoms with Gasteiger partial charge in [0.15, 0.2) is 9.84 Å². The van der Waals surface area contributed by atoms with Crippen molar-refractivity contribution in [2.24, 2.45) is 0 Å². The van der Waals surface area contributed by atoms with Gasteiger partial charge in [-0.15, -0.1) is 0 Å². The number of carboxylic acids is 1. The van der Waals surface area contributed by atoms with Crippen LogP contribution in [0.25, 0.3) is 0 Å². The van der Waals surface area contributed by atoms with Gasteiger partial charge in [-0.3, -0.25) is 0 Å². The summed E-state index contributed by atoms with van der Waals surface area (Å²) in [5, 5.41) is 8.91. The van der Waals surface area contributed by atoms with Gasteiger partial charge in [0.2, 0.25) is 0 Å². The highest BCUT2D eigenvalue weighted by Gasteiger charge is 2.31. The van der Waals surface area contributed by atoms with E-state index in [1.165, 1.54) is 12.1 Å². The van der Waals surface area contributed by atoms with Crippen LogP contribution < -0.4 is 4.90 Å². The third-order valence-electron chi connectivity index (χ3n) is 3.33. The lowest BCUT2D eigenvalue weighted by Crippen LogP contribution is -2.32. The number of carboxylic acid groups (broad SMARTS) is 1. The Kier molecular flexibility index (Phi) is 3.87. The minimum Gasteiger partial charge on any atom is -0.478 e. The van der Waals surface area contributed by atoms with Crippen molar-refractivity contribution in [2.45, 2.75) is 12.5 Å². The van der Waals surface area contributed by atoms with Crippen LogP contribution >= 0.6 is 15.9 Å². The van der Waals surface area contributed by atoms with Crippen LogP contribution in [0.4, 0.5) is 5.69 Å². The SMILES string of the molecule is CN(c1ccc(C(=O)O)cc1Br)C1CCS(=O)(=O)C1. The van der Waals surface area contributed by atoms with Crippen LogP contribution in [0.1, 0.15) is 16.8 Å². The second-order valence-corrected chi connectivity index (χ2v) is 7.72. The fourth-order valence-corrected chi connectivity index (χ4v) is 4.64. The van der Waals surface area contributed by atoms with Gasteiger partial charge in [0.25, 0.3) is 0 Å². The zero-order valence-corrected chi connectivity index (χ0v) is 12.7. The second-order valence-electron chi connectivity index (χ2n) is 4.64. The van der Waals surface area contributed by atoms with Gasteiger partial charge in [-0.05, 0) is 40.5 Å². The van der Waals surface area contributed by atoms with Crippen LogP contribution in [0.15, 0.2) is 22.7 Å². The van der Waals surface area contributed by atoms with Gasteiger partial charge in [-0.2, -0.15) is 0 Å². The highest BCUT2D eigenvalue weighted by atomic mass is 79.9. The summed E-state index contributed by atoms with van der Waals surface area (Å²) < 4.78 is 23.6. The van der Waals surface area contributed by atoms with E-state index in [4.69, 9.17) is 5.11 Å². The van der Waals surface area contributed by atoms with E-state index in [2.05, 4.69) is 15.9 Å². The number of nitrogens with zero attached hydrogens (tertiary/aromatic N) is 1. The molecule has 1 N–H and O–H groups in total. The maximum Gasteiger partial charge on any atom is 0.335 e. The molecule has 19 heavy (non-hydrogen) atoms. The molecule has 7 heteroatoms. The summed E-state index contributed by atoms with van der Waals surface area (Å²) in [5.41, 5.74) is 0.996. The summed E-state index contributed by atoms with van der Waals surface area (Å²) in [5.74, 6) is -0.623. The normalized spacial score (nSPS) is 21.3. The fourth-order valence-electron chi connectivity index (χ4n) is 2.20. The molecule has 1 aromatic carbocycles. The number of carbonyl (C=O) groups is 1. The standard InChI is InChI=1S/C12H14BrNO4S/c1-14(9-4-5-19(17,18)7-9)11-3-2-8(12(15)16)6-10(11)13/h2-3,6,9H,4-5,7H2,1H3,(H,15,16). The minimum absolute atomic E-state index is 0.0584. The second kappa shape index (κ2) is 5.13. The van der Waals surface area contributed by atoms with E-state index < -0.39 is 15.8 Å². The van der Waals surface area contributed by atoms with E-state index in [9.17, 15) is 13.2 Å². The fraction of sp³-hybridized carbons (Fsp3) is 0.417. The van der Waals surface area contributed by atoms with Crippen molar-refractivity contribution in [3.8, 4) is 0 Å². The maximum absolute atomic E-state index is 11.5. The highest BCUT2D eigenvalue weighted by Crippen LogP contribution is 2.30. The molecule has 0 bridgehead atoms. The van der Waals surface area contributed by atoms with Gasteiger partial charge in [0.05, 0.1) is 22.8 Å². The Bertz CT molecular complexity index is 614. The lowest BCUT2D eigenvalue weighted by molar-refractivity contribution is 0.0697. The molecule has 0 radical (unpaired) electrons. The third kappa shape index (κ3) is 3.09. The first kappa shape index (κ1) is 14.3. The molecular formula is C12H14BrNO4S. The molecule has 1 unspecified atom stereocenters. The number of aromatic carboxylic acids is 1. The molecule has 0 spiro atoms.